The summed E-state index contributed by atoms with van der Waals surface area (Å²) in [5.41, 5.74) is 0.832. The second-order valence-electron chi connectivity index (χ2n) is 5.91. The summed E-state index contributed by atoms with van der Waals surface area (Å²) >= 11 is 0. The molecule has 3 heterocycles. The minimum atomic E-state index is 0.252. The second-order valence-corrected chi connectivity index (χ2v) is 5.91. The maximum Gasteiger partial charge on any atom is 0.259 e. The molecule has 0 amide bonds. The number of aromatic nitrogens is 3. The summed E-state index contributed by atoms with van der Waals surface area (Å²) in [4.78, 5) is 8.77. The smallest absolute Gasteiger partial charge is 0.259 e. The van der Waals surface area contributed by atoms with Crippen LogP contribution in [0.5, 0.6) is 0 Å². The summed E-state index contributed by atoms with van der Waals surface area (Å²) in [5, 5.41) is 7.28. The van der Waals surface area contributed by atoms with Crippen molar-refractivity contribution in [2.45, 2.75) is 45.1 Å². The summed E-state index contributed by atoms with van der Waals surface area (Å²) in [6, 6.07) is 3.87. The van der Waals surface area contributed by atoms with Gasteiger partial charge in [0.2, 0.25) is 0 Å². The Kier molecular flexibility index (Phi) is 4.68. The van der Waals surface area contributed by atoms with Gasteiger partial charge in [-0.3, -0.25) is 0 Å². The van der Waals surface area contributed by atoms with E-state index in [0.29, 0.717) is 17.8 Å². The molecule has 0 spiro atoms. The van der Waals surface area contributed by atoms with E-state index >= 15 is 0 Å². The van der Waals surface area contributed by atoms with Crippen molar-refractivity contribution in [1.82, 2.24) is 15.1 Å². The SMILES string of the molecule is CC(C)c1noc(-c2ccc(NCC3CCCCO3)nc2)n1. The molecule has 0 bridgehead atoms. The molecule has 3 rings (SSSR count). The normalized spacial score (nSPS) is 18.6. The Morgan fingerprint density at radius 2 is 2.23 bits per heavy atom. The van der Waals surface area contributed by atoms with Crippen molar-refractivity contribution in [3.05, 3.63) is 24.2 Å². The zero-order chi connectivity index (χ0) is 15.4. The fraction of sp³-hybridized carbons (Fsp3) is 0.562. The molecule has 1 atom stereocenters. The van der Waals surface area contributed by atoms with Gasteiger partial charge in [0.15, 0.2) is 5.82 Å². The van der Waals surface area contributed by atoms with E-state index in [1.165, 1.54) is 12.8 Å². The first-order valence-electron chi connectivity index (χ1n) is 7.88. The van der Waals surface area contributed by atoms with E-state index in [0.717, 1.165) is 31.0 Å². The van der Waals surface area contributed by atoms with Crippen molar-refractivity contribution in [1.29, 1.82) is 0 Å². The average Bonchev–Trinajstić information content (AvgIpc) is 3.05. The van der Waals surface area contributed by atoms with Crippen molar-refractivity contribution in [2.24, 2.45) is 0 Å². The quantitative estimate of drug-likeness (QED) is 0.914. The predicted octanol–water partition coefficient (Wildman–Crippen LogP) is 3.24. The molecular weight excluding hydrogens is 280 g/mol. The van der Waals surface area contributed by atoms with Gasteiger partial charge in [-0.15, -0.1) is 0 Å². The van der Waals surface area contributed by atoms with Crippen molar-refractivity contribution < 1.29 is 9.26 Å². The standard InChI is InChI=1S/C16H22N4O2/c1-11(2)15-19-16(22-20-15)12-6-7-14(17-9-12)18-10-13-5-3-4-8-21-13/h6-7,9,11,13H,3-5,8,10H2,1-2H3,(H,17,18). The second kappa shape index (κ2) is 6.87. The van der Waals surface area contributed by atoms with Crippen LogP contribution in [0.4, 0.5) is 5.82 Å². The first-order chi connectivity index (χ1) is 10.7. The van der Waals surface area contributed by atoms with E-state index in [1.54, 1.807) is 6.20 Å². The number of ether oxygens (including phenoxy) is 1. The van der Waals surface area contributed by atoms with Crippen LogP contribution < -0.4 is 5.32 Å². The Morgan fingerprint density at radius 1 is 1.32 bits per heavy atom. The average molecular weight is 302 g/mol. The molecule has 6 nitrogen and oxygen atoms in total. The van der Waals surface area contributed by atoms with Gasteiger partial charge in [-0.2, -0.15) is 4.98 Å². The largest absolute Gasteiger partial charge is 0.376 e. The van der Waals surface area contributed by atoms with Crippen LogP contribution in [0.2, 0.25) is 0 Å². The fourth-order valence-corrected chi connectivity index (χ4v) is 2.40. The van der Waals surface area contributed by atoms with Gasteiger partial charge in [-0.05, 0) is 31.4 Å². The van der Waals surface area contributed by atoms with E-state index in [-0.39, 0.29) is 5.92 Å². The van der Waals surface area contributed by atoms with E-state index in [2.05, 4.69) is 20.4 Å². The van der Waals surface area contributed by atoms with Gasteiger partial charge in [0.1, 0.15) is 5.82 Å². The number of rotatable bonds is 5. The zero-order valence-electron chi connectivity index (χ0n) is 13.1. The lowest BCUT2D eigenvalue weighted by Crippen LogP contribution is -2.27. The van der Waals surface area contributed by atoms with Crippen molar-refractivity contribution in [3.63, 3.8) is 0 Å². The molecule has 1 saturated heterocycles. The summed E-state index contributed by atoms with van der Waals surface area (Å²) in [6.45, 7) is 5.74. The summed E-state index contributed by atoms with van der Waals surface area (Å²) in [7, 11) is 0. The highest BCUT2D eigenvalue weighted by atomic mass is 16.5. The molecule has 1 N–H and O–H groups in total. The molecule has 1 aliphatic rings. The van der Waals surface area contributed by atoms with Gasteiger partial charge >= 0.3 is 0 Å². The van der Waals surface area contributed by atoms with Gasteiger partial charge in [0, 0.05) is 25.3 Å². The highest BCUT2D eigenvalue weighted by Crippen LogP contribution is 2.20. The number of nitrogens with zero attached hydrogens (tertiary/aromatic N) is 3. The molecule has 0 radical (unpaired) electrons. The van der Waals surface area contributed by atoms with Gasteiger partial charge in [0.05, 0.1) is 11.7 Å². The Bertz CT molecular complexity index is 588. The lowest BCUT2D eigenvalue weighted by Gasteiger charge is -2.22. The van der Waals surface area contributed by atoms with E-state index < -0.39 is 0 Å². The summed E-state index contributed by atoms with van der Waals surface area (Å²) in [6.07, 6.45) is 5.58. The Morgan fingerprint density at radius 3 is 2.86 bits per heavy atom. The number of nitrogens with one attached hydrogen (secondary N) is 1. The molecule has 6 heteroatoms. The molecular formula is C16H22N4O2. The maximum absolute atomic E-state index is 5.69. The molecule has 1 fully saturated rings. The van der Waals surface area contributed by atoms with Crippen LogP contribution in [-0.4, -0.2) is 34.4 Å². The van der Waals surface area contributed by atoms with Crippen LogP contribution in [0.25, 0.3) is 11.5 Å². The minimum Gasteiger partial charge on any atom is -0.376 e. The Hall–Kier alpha value is -1.95. The van der Waals surface area contributed by atoms with Gasteiger partial charge in [0.25, 0.3) is 5.89 Å². The lowest BCUT2D eigenvalue weighted by atomic mass is 10.1. The minimum absolute atomic E-state index is 0.252. The van der Waals surface area contributed by atoms with E-state index in [1.807, 2.05) is 26.0 Å². The molecule has 2 aromatic rings. The van der Waals surface area contributed by atoms with Crippen LogP contribution in [0, 0.1) is 0 Å². The number of pyridine rings is 1. The molecule has 2 aromatic heterocycles. The molecule has 0 aromatic carbocycles. The number of anilines is 1. The van der Waals surface area contributed by atoms with Crippen LogP contribution in [0.15, 0.2) is 22.9 Å². The first-order valence-corrected chi connectivity index (χ1v) is 7.88. The Labute approximate surface area is 130 Å². The monoisotopic (exact) mass is 302 g/mol. The Balaban J connectivity index is 1.59. The summed E-state index contributed by atoms with van der Waals surface area (Å²) in [5.74, 6) is 2.31. The van der Waals surface area contributed by atoms with Crippen molar-refractivity contribution in [3.8, 4) is 11.5 Å². The van der Waals surface area contributed by atoms with Crippen molar-refractivity contribution >= 4 is 5.82 Å². The zero-order valence-corrected chi connectivity index (χ0v) is 13.1. The third-order valence-corrected chi connectivity index (χ3v) is 3.75. The molecule has 1 aliphatic heterocycles. The van der Waals surface area contributed by atoms with Crippen LogP contribution >= 0.6 is 0 Å². The number of hydrogen-bond acceptors (Lipinski definition) is 6. The fourth-order valence-electron chi connectivity index (χ4n) is 2.40. The third-order valence-electron chi connectivity index (χ3n) is 3.75. The molecule has 118 valence electrons. The molecule has 0 aliphatic carbocycles. The highest BCUT2D eigenvalue weighted by molar-refractivity contribution is 5.54. The lowest BCUT2D eigenvalue weighted by molar-refractivity contribution is 0.0247. The van der Waals surface area contributed by atoms with Gasteiger partial charge in [-0.25, -0.2) is 4.98 Å². The molecule has 22 heavy (non-hydrogen) atoms. The predicted molar refractivity (Wildman–Crippen MR) is 83.7 cm³/mol. The van der Waals surface area contributed by atoms with Crippen LogP contribution in [0.1, 0.15) is 44.9 Å². The molecule has 1 unspecified atom stereocenters. The van der Waals surface area contributed by atoms with Crippen LogP contribution in [0.3, 0.4) is 0 Å². The van der Waals surface area contributed by atoms with Gasteiger partial charge < -0.3 is 14.6 Å². The molecule has 0 saturated carbocycles. The summed E-state index contributed by atoms with van der Waals surface area (Å²) < 4.78 is 11.0. The topological polar surface area (TPSA) is 73.1 Å². The van der Waals surface area contributed by atoms with Gasteiger partial charge in [-0.1, -0.05) is 19.0 Å². The maximum atomic E-state index is 5.69. The first kappa shape index (κ1) is 15.0. The van der Waals surface area contributed by atoms with E-state index in [9.17, 15) is 0 Å². The van der Waals surface area contributed by atoms with Crippen LogP contribution in [-0.2, 0) is 4.74 Å². The highest BCUT2D eigenvalue weighted by Gasteiger charge is 2.14. The van der Waals surface area contributed by atoms with E-state index in [4.69, 9.17) is 9.26 Å². The number of hydrogen-bond donors (Lipinski definition) is 1. The van der Waals surface area contributed by atoms with Crippen molar-refractivity contribution in [2.75, 3.05) is 18.5 Å². The third kappa shape index (κ3) is 3.62.